The zero-order valence-corrected chi connectivity index (χ0v) is 18.8. The molecule has 1 unspecified atom stereocenters. The highest BCUT2D eigenvalue weighted by molar-refractivity contribution is 7.85. The third-order valence-electron chi connectivity index (χ3n) is 4.90. The lowest BCUT2D eigenvalue weighted by molar-refractivity contribution is -0.910. The molecule has 0 aromatic rings. The van der Waals surface area contributed by atoms with Crippen LogP contribution < -0.4 is 0 Å². The zero-order valence-electron chi connectivity index (χ0n) is 18.0. The lowest BCUT2D eigenvalue weighted by Crippen LogP contribution is -2.48. The summed E-state index contributed by atoms with van der Waals surface area (Å²) in [6, 6.07) is 0. The van der Waals surface area contributed by atoms with Crippen LogP contribution >= 0.6 is 0 Å². The zero-order chi connectivity index (χ0) is 20.4. The minimum absolute atomic E-state index is 0.144. The van der Waals surface area contributed by atoms with E-state index in [2.05, 4.69) is 20.9 Å². The smallest absolute Gasteiger partial charge is 0.264 e. The average Bonchev–Trinajstić information content (AvgIpc) is 2.60. The van der Waals surface area contributed by atoms with Crippen LogP contribution in [-0.2, 0) is 19.6 Å². The molecule has 0 saturated carbocycles. The van der Waals surface area contributed by atoms with E-state index in [1.807, 2.05) is 0 Å². The summed E-state index contributed by atoms with van der Waals surface area (Å²) in [7, 11) is -1.62. The summed E-state index contributed by atoms with van der Waals surface area (Å²) in [5.41, 5.74) is 0. The van der Waals surface area contributed by atoms with Crippen LogP contribution in [0.4, 0.5) is 0 Å². The van der Waals surface area contributed by atoms with Crippen molar-refractivity contribution >= 4 is 10.1 Å². The summed E-state index contributed by atoms with van der Waals surface area (Å²) in [6.45, 7) is 10.00. The highest BCUT2D eigenvalue weighted by atomic mass is 32.2. The lowest BCUT2D eigenvalue weighted by Gasteiger charge is -2.35. The van der Waals surface area contributed by atoms with Gasteiger partial charge in [0.05, 0.1) is 45.7 Å². The molecule has 1 N–H and O–H groups in total. The van der Waals surface area contributed by atoms with Crippen molar-refractivity contribution in [2.45, 2.75) is 71.6 Å². The van der Waals surface area contributed by atoms with Gasteiger partial charge in [-0.25, -0.2) is 0 Å². The van der Waals surface area contributed by atoms with E-state index < -0.39 is 10.1 Å². The van der Waals surface area contributed by atoms with E-state index in [1.54, 1.807) is 0 Å². The number of likely N-dealkylation sites (N-methyl/N-ethyl adjacent to an activating group) is 1. The molecule has 6 nitrogen and oxygen atoms in total. The molecule has 0 saturated heterocycles. The second kappa shape index (κ2) is 16.7. The fourth-order valence-electron chi connectivity index (χ4n) is 3.14. The van der Waals surface area contributed by atoms with Crippen LogP contribution in [0.15, 0.2) is 0 Å². The molecule has 0 spiro atoms. The number of hydrogen-bond acceptors (Lipinski definition) is 4. The maximum atomic E-state index is 10.9. The number of nitrogens with zero attached hydrogens (tertiary/aromatic N) is 1. The van der Waals surface area contributed by atoms with Crippen molar-refractivity contribution in [3.63, 3.8) is 0 Å². The third-order valence-corrected chi connectivity index (χ3v) is 5.70. The molecular weight excluding hydrogens is 366 g/mol. The van der Waals surface area contributed by atoms with Crippen molar-refractivity contribution in [1.29, 1.82) is 0 Å². The molecule has 1 atom stereocenters. The normalized spacial score (nSPS) is 14.4. The Balaban J connectivity index is 4.16. The van der Waals surface area contributed by atoms with E-state index in [1.165, 1.54) is 38.5 Å². The van der Waals surface area contributed by atoms with Gasteiger partial charge in [0.1, 0.15) is 6.54 Å². The Morgan fingerprint density at radius 2 is 1.26 bits per heavy atom. The second-order valence-electron chi connectivity index (χ2n) is 7.78. The number of unbranched alkanes of at least 4 members (excludes halogenated alkanes) is 6. The number of hydrogen-bond donors (Lipinski definition) is 1. The Morgan fingerprint density at radius 1 is 0.704 bits per heavy atom. The van der Waals surface area contributed by atoms with E-state index in [-0.39, 0.29) is 5.75 Å². The molecule has 0 aliphatic heterocycles. The van der Waals surface area contributed by atoms with Gasteiger partial charge in [-0.3, -0.25) is 4.55 Å². The van der Waals surface area contributed by atoms with E-state index in [0.29, 0.717) is 26.2 Å². The van der Waals surface area contributed by atoms with Gasteiger partial charge < -0.3 is 14.0 Å². The highest BCUT2D eigenvalue weighted by Gasteiger charge is 2.21. The third kappa shape index (κ3) is 18.9. The van der Waals surface area contributed by atoms with Gasteiger partial charge >= 0.3 is 0 Å². The van der Waals surface area contributed by atoms with Crippen LogP contribution in [0.2, 0.25) is 0 Å². The summed E-state index contributed by atoms with van der Waals surface area (Å²) < 4.78 is 42.7. The van der Waals surface area contributed by atoms with Gasteiger partial charge in [-0.1, -0.05) is 39.5 Å². The maximum absolute atomic E-state index is 10.9. The van der Waals surface area contributed by atoms with Crippen LogP contribution in [0.1, 0.15) is 71.6 Å². The minimum atomic E-state index is -3.85. The van der Waals surface area contributed by atoms with Gasteiger partial charge in [0.15, 0.2) is 0 Å². The fraction of sp³-hybridized carbons (Fsp3) is 1.00. The van der Waals surface area contributed by atoms with Crippen molar-refractivity contribution in [1.82, 2.24) is 0 Å². The molecule has 0 fully saturated rings. The van der Waals surface area contributed by atoms with Crippen LogP contribution in [-0.4, -0.2) is 76.3 Å². The molecule has 0 bridgehead atoms. The molecule has 0 aromatic heterocycles. The summed E-state index contributed by atoms with van der Waals surface area (Å²) in [5.74, 6) is -0.144. The standard InChI is InChI=1S/C20H43NO5S/c1-4-6-7-8-9-10-13-21(3,14-11-12-20-27(22,23)24)15-17-26-19-18-25-16-5-2/h4-20H2,1-3H3/p+1. The molecule has 0 radical (unpaired) electrons. The molecule has 164 valence electrons. The van der Waals surface area contributed by atoms with E-state index in [0.717, 1.165) is 43.6 Å². The summed E-state index contributed by atoms with van der Waals surface area (Å²) in [5, 5.41) is 0. The SMILES string of the molecule is CCCCCCCC[N+](C)(CCCCS(=O)(=O)O)CCOCCOCCC. The van der Waals surface area contributed by atoms with Crippen LogP contribution in [0.5, 0.6) is 0 Å². The van der Waals surface area contributed by atoms with Crippen LogP contribution in [0, 0.1) is 0 Å². The van der Waals surface area contributed by atoms with Crippen LogP contribution in [0.3, 0.4) is 0 Å². The first-order valence-electron chi connectivity index (χ1n) is 10.8. The number of rotatable bonds is 20. The van der Waals surface area contributed by atoms with Crippen molar-refractivity contribution in [3.8, 4) is 0 Å². The maximum Gasteiger partial charge on any atom is 0.264 e. The molecule has 0 rings (SSSR count). The Hall–Kier alpha value is -0.210. The molecule has 0 aromatic carbocycles. The average molecular weight is 411 g/mol. The van der Waals surface area contributed by atoms with E-state index >= 15 is 0 Å². The van der Waals surface area contributed by atoms with Gasteiger partial charge in [0.2, 0.25) is 0 Å². The van der Waals surface area contributed by atoms with Crippen LogP contribution in [0.25, 0.3) is 0 Å². The van der Waals surface area contributed by atoms with Crippen molar-refractivity contribution in [2.24, 2.45) is 0 Å². The highest BCUT2D eigenvalue weighted by Crippen LogP contribution is 2.12. The van der Waals surface area contributed by atoms with Crippen molar-refractivity contribution in [3.05, 3.63) is 0 Å². The first kappa shape index (κ1) is 26.8. The molecule has 0 aliphatic rings. The van der Waals surface area contributed by atoms with Gasteiger partial charge in [-0.05, 0) is 32.1 Å². The largest absolute Gasteiger partial charge is 0.379 e. The quantitative estimate of drug-likeness (QED) is 0.187. The molecule has 27 heavy (non-hydrogen) atoms. The van der Waals surface area contributed by atoms with Crippen molar-refractivity contribution in [2.75, 3.05) is 58.9 Å². The van der Waals surface area contributed by atoms with Gasteiger partial charge in [0, 0.05) is 6.61 Å². The monoisotopic (exact) mass is 410 g/mol. The first-order chi connectivity index (χ1) is 12.8. The lowest BCUT2D eigenvalue weighted by atomic mass is 10.1. The molecule has 0 amide bonds. The predicted molar refractivity (Wildman–Crippen MR) is 112 cm³/mol. The molecule has 0 heterocycles. The molecule has 7 heteroatoms. The number of quaternary nitrogens is 1. The molecular formula is C20H44NO5S+. The summed E-state index contributed by atoms with van der Waals surface area (Å²) in [4.78, 5) is 0. The van der Waals surface area contributed by atoms with Gasteiger partial charge in [0.25, 0.3) is 10.1 Å². The van der Waals surface area contributed by atoms with Crippen molar-refractivity contribution < 1.29 is 26.9 Å². The van der Waals surface area contributed by atoms with E-state index in [4.69, 9.17) is 14.0 Å². The van der Waals surface area contributed by atoms with Gasteiger partial charge in [-0.15, -0.1) is 0 Å². The van der Waals surface area contributed by atoms with Gasteiger partial charge in [-0.2, -0.15) is 8.42 Å². The Kier molecular flexibility index (Phi) is 16.6. The predicted octanol–water partition coefficient (Wildman–Crippen LogP) is 3.90. The first-order valence-corrected chi connectivity index (χ1v) is 12.4. The fourth-order valence-corrected chi connectivity index (χ4v) is 3.71. The second-order valence-corrected chi connectivity index (χ2v) is 9.35. The Labute approximate surface area is 167 Å². The Morgan fingerprint density at radius 3 is 1.85 bits per heavy atom. The Bertz CT molecular complexity index is 430. The summed E-state index contributed by atoms with van der Waals surface area (Å²) in [6.07, 6.45) is 9.97. The number of ether oxygens (including phenoxy) is 2. The summed E-state index contributed by atoms with van der Waals surface area (Å²) >= 11 is 0. The molecule has 0 aliphatic carbocycles. The van der Waals surface area contributed by atoms with E-state index in [9.17, 15) is 8.42 Å². The topological polar surface area (TPSA) is 72.8 Å². The minimum Gasteiger partial charge on any atom is -0.379 e.